The summed E-state index contributed by atoms with van der Waals surface area (Å²) in [5.41, 5.74) is 4.15. The Kier molecular flexibility index (Phi) is 10.5. The van der Waals surface area contributed by atoms with E-state index in [1.807, 2.05) is 0 Å². The zero-order valence-corrected chi connectivity index (χ0v) is 27.2. The molecular formula is C31H38FN6O8P. The predicted molar refractivity (Wildman–Crippen MR) is 167 cm³/mol. The molecule has 252 valence electrons. The van der Waals surface area contributed by atoms with Crippen molar-refractivity contribution in [3.05, 3.63) is 42.7 Å². The van der Waals surface area contributed by atoms with Crippen molar-refractivity contribution < 1.29 is 41.8 Å². The lowest BCUT2D eigenvalue weighted by Gasteiger charge is -2.31. The molecule has 16 heteroatoms. The molecule has 3 aromatic rings. The molecule has 1 aromatic carbocycles. The lowest BCUT2D eigenvalue weighted by Crippen LogP contribution is -2.46. The van der Waals surface area contributed by atoms with E-state index in [4.69, 9.17) is 35.4 Å². The number of fused-ring (bicyclic) bond motifs is 1. The highest BCUT2D eigenvalue weighted by Gasteiger charge is 2.53. The van der Waals surface area contributed by atoms with Crippen molar-refractivity contribution in [3.63, 3.8) is 0 Å². The number of esters is 2. The van der Waals surface area contributed by atoms with Crippen molar-refractivity contribution in [3.8, 4) is 18.1 Å². The van der Waals surface area contributed by atoms with E-state index in [0.29, 0.717) is 0 Å². The van der Waals surface area contributed by atoms with Gasteiger partial charge in [-0.1, -0.05) is 44.4 Å². The number of imidazole rings is 1. The van der Waals surface area contributed by atoms with Crippen LogP contribution in [0, 0.1) is 24.3 Å². The van der Waals surface area contributed by atoms with Crippen LogP contribution in [0.3, 0.4) is 0 Å². The molecule has 5 rings (SSSR count). The number of benzene rings is 1. The summed E-state index contributed by atoms with van der Waals surface area (Å²) < 4.78 is 59.3. The molecule has 14 nitrogen and oxygen atoms in total. The van der Waals surface area contributed by atoms with Crippen LogP contribution in [0.25, 0.3) is 11.2 Å². The van der Waals surface area contributed by atoms with Gasteiger partial charge in [-0.3, -0.25) is 18.7 Å². The van der Waals surface area contributed by atoms with Crippen molar-refractivity contribution in [1.29, 1.82) is 0 Å². The SMILES string of the molecule is C#C[C@]1(COP(=O)(N[C@@H](C)C(=O)OC2CCCCC2)Oc2ccccc2)O[C@@H](n2cnc3c(N)nc(F)nc32)C[C@@H]1OC(=O)C(C)C. The molecule has 2 aromatic heterocycles. The molecule has 2 fully saturated rings. The van der Waals surface area contributed by atoms with Crippen LogP contribution in [0.2, 0.25) is 0 Å². The van der Waals surface area contributed by atoms with Crippen molar-refractivity contribution in [2.24, 2.45) is 5.92 Å². The number of anilines is 1. The summed E-state index contributed by atoms with van der Waals surface area (Å²) in [5.74, 6) is 0.800. The first-order chi connectivity index (χ1) is 22.4. The molecule has 1 saturated heterocycles. The highest BCUT2D eigenvalue weighted by atomic mass is 31.2. The van der Waals surface area contributed by atoms with Gasteiger partial charge in [-0.05, 0) is 44.7 Å². The number of nitrogens with two attached hydrogens (primary N) is 1. The van der Waals surface area contributed by atoms with E-state index in [0.717, 1.165) is 32.1 Å². The minimum Gasteiger partial charge on any atom is -0.461 e. The lowest BCUT2D eigenvalue weighted by atomic mass is 9.98. The van der Waals surface area contributed by atoms with E-state index in [-0.39, 0.29) is 35.3 Å². The van der Waals surface area contributed by atoms with E-state index < -0.39 is 62.3 Å². The number of ether oxygens (including phenoxy) is 3. The van der Waals surface area contributed by atoms with Gasteiger partial charge in [-0.2, -0.15) is 19.4 Å². The maximum Gasteiger partial charge on any atom is 0.459 e. The van der Waals surface area contributed by atoms with Crippen molar-refractivity contribution in [2.75, 3.05) is 12.3 Å². The van der Waals surface area contributed by atoms with Crippen LogP contribution in [-0.2, 0) is 32.9 Å². The van der Waals surface area contributed by atoms with Crippen molar-refractivity contribution in [1.82, 2.24) is 24.6 Å². The van der Waals surface area contributed by atoms with Crippen LogP contribution in [0.5, 0.6) is 5.75 Å². The average molecular weight is 673 g/mol. The quantitative estimate of drug-likeness (QED) is 0.119. The Bertz CT molecular complexity index is 1680. The summed E-state index contributed by atoms with van der Waals surface area (Å²) in [6.07, 6.45) is 8.38. The van der Waals surface area contributed by atoms with Crippen molar-refractivity contribution >= 4 is 36.7 Å². The van der Waals surface area contributed by atoms with E-state index in [1.54, 1.807) is 44.2 Å². The molecular weight excluding hydrogens is 634 g/mol. The summed E-state index contributed by atoms with van der Waals surface area (Å²) in [7, 11) is -4.40. The fourth-order valence-electron chi connectivity index (χ4n) is 5.38. The molecule has 3 heterocycles. The summed E-state index contributed by atoms with van der Waals surface area (Å²) in [6, 6.07) is 7.11. The first kappa shape index (κ1) is 34.3. The largest absolute Gasteiger partial charge is 0.461 e. The second-order valence-electron chi connectivity index (χ2n) is 11.8. The monoisotopic (exact) mass is 672 g/mol. The van der Waals surface area contributed by atoms with Crippen molar-refractivity contribution in [2.45, 2.75) is 89.4 Å². The van der Waals surface area contributed by atoms with Gasteiger partial charge in [0.15, 0.2) is 22.6 Å². The summed E-state index contributed by atoms with van der Waals surface area (Å²) in [5, 5.41) is 2.66. The van der Waals surface area contributed by atoms with Gasteiger partial charge in [0.2, 0.25) is 0 Å². The predicted octanol–water partition coefficient (Wildman–Crippen LogP) is 4.46. The van der Waals surface area contributed by atoms with Gasteiger partial charge in [0.05, 0.1) is 12.2 Å². The fraction of sp³-hybridized carbons (Fsp3) is 0.516. The zero-order chi connectivity index (χ0) is 33.8. The number of hydrogen-bond donors (Lipinski definition) is 2. The Morgan fingerprint density at radius 1 is 1.17 bits per heavy atom. The molecule has 47 heavy (non-hydrogen) atoms. The second-order valence-corrected chi connectivity index (χ2v) is 13.5. The third-order valence-electron chi connectivity index (χ3n) is 7.95. The molecule has 3 N–H and O–H groups in total. The molecule has 0 spiro atoms. The minimum atomic E-state index is -4.40. The number of aromatic nitrogens is 4. The maximum absolute atomic E-state index is 14.3. The van der Waals surface area contributed by atoms with E-state index in [2.05, 4.69) is 26.0 Å². The van der Waals surface area contributed by atoms with Gasteiger partial charge in [0.25, 0.3) is 0 Å². The van der Waals surface area contributed by atoms with Crippen LogP contribution in [0.4, 0.5) is 10.2 Å². The number of carbonyl (C=O) groups is 2. The average Bonchev–Trinajstić information content (AvgIpc) is 3.63. The van der Waals surface area contributed by atoms with Crippen LogP contribution >= 0.6 is 7.75 Å². The first-order valence-corrected chi connectivity index (χ1v) is 17.0. The molecule has 0 amide bonds. The van der Waals surface area contributed by atoms with Crippen LogP contribution in [0.1, 0.15) is 65.5 Å². The number of rotatable bonds is 12. The zero-order valence-electron chi connectivity index (χ0n) is 26.3. The smallest absolute Gasteiger partial charge is 0.459 e. The Morgan fingerprint density at radius 2 is 1.89 bits per heavy atom. The molecule has 0 radical (unpaired) electrons. The highest BCUT2D eigenvalue weighted by molar-refractivity contribution is 7.52. The number of nitrogens with one attached hydrogen (secondary N) is 1. The molecule has 1 saturated carbocycles. The van der Waals surface area contributed by atoms with Gasteiger partial charge >= 0.3 is 25.8 Å². The minimum absolute atomic E-state index is 0.0210. The topological polar surface area (TPSA) is 179 Å². The van der Waals surface area contributed by atoms with Gasteiger partial charge in [-0.25, -0.2) is 9.55 Å². The Morgan fingerprint density at radius 3 is 2.57 bits per heavy atom. The summed E-state index contributed by atoms with van der Waals surface area (Å²) >= 11 is 0. The Balaban J connectivity index is 1.42. The van der Waals surface area contributed by atoms with Gasteiger partial charge in [0, 0.05) is 6.42 Å². The van der Waals surface area contributed by atoms with Gasteiger partial charge in [0.1, 0.15) is 36.8 Å². The summed E-state index contributed by atoms with van der Waals surface area (Å²) in [4.78, 5) is 37.3. The van der Waals surface area contributed by atoms with E-state index in [9.17, 15) is 18.5 Å². The number of nitrogen functional groups attached to an aromatic ring is 1. The number of nitrogens with zero attached hydrogens (tertiary/aromatic N) is 4. The number of carbonyl (C=O) groups excluding carboxylic acids is 2. The second kappa shape index (κ2) is 14.4. The van der Waals surface area contributed by atoms with Crippen LogP contribution in [0.15, 0.2) is 36.7 Å². The number of terminal acetylenes is 1. The maximum atomic E-state index is 14.3. The Labute approximate surface area is 271 Å². The van der Waals surface area contributed by atoms with Crippen LogP contribution in [-0.4, -0.2) is 61.9 Å². The molecule has 0 bridgehead atoms. The first-order valence-electron chi connectivity index (χ1n) is 15.4. The van der Waals surface area contributed by atoms with Gasteiger partial charge < -0.3 is 24.5 Å². The van der Waals surface area contributed by atoms with E-state index >= 15 is 0 Å². The normalized spacial score (nSPS) is 23.6. The molecule has 1 aliphatic heterocycles. The fourth-order valence-corrected chi connectivity index (χ4v) is 6.90. The number of halogens is 1. The van der Waals surface area contributed by atoms with E-state index in [1.165, 1.54) is 17.8 Å². The number of hydrogen-bond acceptors (Lipinski definition) is 12. The third-order valence-corrected chi connectivity index (χ3v) is 9.57. The van der Waals surface area contributed by atoms with Gasteiger partial charge in [-0.15, -0.1) is 6.42 Å². The Hall–Kier alpha value is -4.09. The molecule has 1 aliphatic carbocycles. The third kappa shape index (κ3) is 7.90. The van der Waals surface area contributed by atoms with Crippen LogP contribution < -0.4 is 15.3 Å². The molecule has 5 atom stereocenters. The standard InChI is InChI=1S/C31H38FN6O8P/c1-5-31(23(44-28(39)19(2)3)16-24(45-31)38-18-34-25-26(33)35-30(32)36-27(25)38)17-42-47(41,46-22-14-10-7-11-15-22)37-20(4)29(40)43-21-12-8-6-9-13-21/h1,7,10-11,14-15,18-21,23-24H,6,8-9,12-13,16-17H2,2-4H3,(H,37,41)(H2,33,35,36)/t20-,23-,24+,31+,47?/m0/s1. The lowest BCUT2D eigenvalue weighted by molar-refractivity contribution is -0.162. The molecule has 2 aliphatic rings. The molecule has 1 unspecified atom stereocenters. The number of para-hydroxylation sites is 1. The summed E-state index contributed by atoms with van der Waals surface area (Å²) in [6.45, 7) is 4.17. The highest BCUT2D eigenvalue weighted by Crippen LogP contribution is 2.48.